The maximum atomic E-state index is 11.4. The molecule has 4 nitrogen and oxygen atoms in total. The molecule has 0 rings (SSSR count). The molecule has 0 aromatic rings. The van der Waals surface area contributed by atoms with Crippen LogP contribution >= 0.6 is 0 Å². The first-order valence-electron chi connectivity index (χ1n) is 5.54. The van der Waals surface area contributed by atoms with Crippen LogP contribution in [0.15, 0.2) is 0 Å². The zero-order chi connectivity index (χ0) is 11.7. The van der Waals surface area contributed by atoms with Crippen LogP contribution < -0.4 is 10.6 Å². The van der Waals surface area contributed by atoms with Crippen molar-refractivity contribution in [3.05, 3.63) is 0 Å². The normalized spacial score (nSPS) is 11.5. The van der Waals surface area contributed by atoms with Gasteiger partial charge in [-0.2, -0.15) is 0 Å². The molecule has 0 unspecified atom stereocenters. The van der Waals surface area contributed by atoms with Gasteiger partial charge in [-0.1, -0.05) is 6.92 Å². The lowest BCUT2D eigenvalue weighted by molar-refractivity contribution is -0.126. The number of amides is 1. The Hall–Kier alpha value is -0.610. The number of rotatable bonds is 8. The Morgan fingerprint density at radius 2 is 2.00 bits per heavy atom. The summed E-state index contributed by atoms with van der Waals surface area (Å²) in [4.78, 5) is 11.4. The van der Waals surface area contributed by atoms with Crippen molar-refractivity contribution in [2.75, 3.05) is 26.7 Å². The number of nitrogens with one attached hydrogen (secondary N) is 2. The van der Waals surface area contributed by atoms with Gasteiger partial charge in [-0.3, -0.25) is 4.79 Å². The lowest BCUT2D eigenvalue weighted by Gasteiger charge is -2.21. The first-order chi connectivity index (χ1) is 7.02. The Balaban J connectivity index is 3.49. The molecule has 0 fully saturated rings. The van der Waals surface area contributed by atoms with Crippen LogP contribution in [0.3, 0.4) is 0 Å². The highest BCUT2D eigenvalue weighted by Crippen LogP contribution is 2.11. The highest BCUT2D eigenvalue weighted by molar-refractivity contribution is 5.76. The smallest absolute Gasteiger partial charge is 0.222 e. The van der Waals surface area contributed by atoms with Crippen LogP contribution in [0.25, 0.3) is 0 Å². The predicted molar refractivity (Wildman–Crippen MR) is 61.9 cm³/mol. The minimum Gasteiger partial charge on any atom is -0.378 e. The molecule has 0 aliphatic carbocycles. The summed E-state index contributed by atoms with van der Waals surface area (Å²) in [6.45, 7) is 8.54. The van der Waals surface area contributed by atoms with E-state index in [1.165, 1.54) is 0 Å². The van der Waals surface area contributed by atoms with Crippen LogP contribution in [0.2, 0.25) is 0 Å². The van der Waals surface area contributed by atoms with E-state index in [9.17, 15) is 4.79 Å². The molecule has 0 aliphatic rings. The van der Waals surface area contributed by atoms with Crippen molar-refractivity contribution in [1.82, 2.24) is 10.6 Å². The Morgan fingerprint density at radius 1 is 1.33 bits per heavy atom. The highest BCUT2D eigenvalue weighted by Gasteiger charge is 2.20. The van der Waals surface area contributed by atoms with E-state index in [4.69, 9.17) is 4.74 Å². The number of methoxy groups -OCH3 is 1. The molecule has 0 aliphatic heterocycles. The van der Waals surface area contributed by atoms with Crippen LogP contribution in [-0.4, -0.2) is 38.3 Å². The molecule has 0 aromatic heterocycles. The Bertz CT molecular complexity index is 181. The fourth-order valence-electron chi connectivity index (χ4n) is 1.14. The highest BCUT2D eigenvalue weighted by atomic mass is 16.5. The van der Waals surface area contributed by atoms with E-state index >= 15 is 0 Å². The van der Waals surface area contributed by atoms with Crippen molar-refractivity contribution < 1.29 is 9.53 Å². The molecule has 0 spiro atoms. The molecule has 0 saturated heterocycles. The van der Waals surface area contributed by atoms with Gasteiger partial charge in [-0.25, -0.2) is 0 Å². The predicted octanol–water partition coefficient (Wildman–Crippen LogP) is 0.917. The second-order valence-electron chi connectivity index (χ2n) is 4.20. The van der Waals surface area contributed by atoms with Crippen molar-refractivity contribution in [3.8, 4) is 0 Å². The zero-order valence-corrected chi connectivity index (χ0v) is 10.4. The molecule has 90 valence electrons. The largest absolute Gasteiger partial charge is 0.378 e. The topological polar surface area (TPSA) is 50.4 Å². The first-order valence-corrected chi connectivity index (χ1v) is 5.54. The molecule has 0 radical (unpaired) electrons. The van der Waals surface area contributed by atoms with Gasteiger partial charge in [0.25, 0.3) is 0 Å². The fourth-order valence-corrected chi connectivity index (χ4v) is 1.14. The van der Waals surface area contributed by atoms with Crippen LogP contribution in [0, 0.1) is 0 Å². The molecule has 15 heavy (non-hydrogen) atoms. The van der Waals surface area contributed by atoms with Crippen molar-refractivity contribution in [2.24, 2.45) is 0 Å². The fraction of sp³-hybridized carbons (Fsp3) is 0.909. The molecule has 0 aromatic carbocycles. The maximum absolute atomic E-state index is 11.4. The third kappa shape index (κ3) is 8.39. The second kappa shape index (κ2) is 7.65. The monoisotopic (exact) mass is 216 g/mol. The van der Waals surface area contributed by atoms with Crippen LogP contribution in [0.4, 0.5) is 0 Å². The van der Waals surface area contributed by atoms with E-state index in [0.29, 0.717) is 6.42 Å². The summed E-state index contributed by atoms with van der Waals surface area (Å²) < 4.78 is 5.18. The standard InChI is InChI=1S/C11H24N2O2/c1-5-12-7-6-8-13-10(14)9-11(2,3)15-4/h12H,5-9H2,1-4H3,(H,13,14). The third-order valence-electron chi connectivity index (χ3n) is 2.24. The van der Waals surface area contributed by atoms with Gasteiger partial charge in [0.05, 0.1) is 12.0 Å². The lowest BCUT2D eigenvalue weighted by atomic mass is 10.1. The Morgan fingerprint density at radius 3 is 2.53 bits per heavy atom. The third-order valence-corrected chi connectivity index (χ3v) is 2.24. The second-order valence-corrected chi connectivity index (χ2v) is 4.20. The quantitative estimate of drug-likeness (QED) is 0.593. The molecule has 0 saturated carbocycles. The van der Waals surface area contributed by atoms with E-state index in [1.807, 2.05) is 13.8 Å². The molecular weight excluding hydrogens is 192 g/mol. The molecule has 0 heterocycles. The summed E-state index contributed by atoms with van der Waals surface area (Å²) in [5.74, 6) is 0.0540. The SMILES string of the molecule is CCNCCCNC(=O)CC(C)(C)OC. The van der Waals surface area contributed by atoms with E-state index < -0.39 is 0 Å². The zero-order valence-electron chi connectivity index (χ0n) is 10.4. The van der Waals surface area contributed by atoms with E-state index in [0.717, 1.165) is 26.1 Å². The van der Waals surface area contributed by atoms with Gasteiger partial charge in [0, 0.05) is 13.7 Å². The average Bonchev–Trinajstić information content (AvgIpc) is 2.17. The lowest BCUT2D eigenvalue weighted by Crippen LogP contribution is -2.34. The first kappa shape index (κ1) is 14.4. The summed E-state index contributed by atoms with van der Waals surface area (Å²) in [7, 11) is 1.62. The summed E-state index contributed by atoms with van der Waals surface area (Å²) >= 11 is 0. The molecular formula is C11H24N2O2. The molecule has 4 heteroatoms. The summed E-state index contributed by atoms with van der Waals surface area (Å²) in [5, 5.41) is 6.08. The van der Waals surface area contributed by atoms with E-state index in [2.05, 4.69) is 17.6 Å². The van der Waals surface area contributed by atoms with Gasteiger partial charge in [0.15, 0.2) is 0 Å². The van der Waals surface area contributed by atoms with Gasteiger partial charge in [-0.15, -0.1) is 0 Å². The van der Waals surface area contributed by atoms with Gasteiger partial charge in [0.1, 0.15) is 0 Å². The number of hydrogen-bond acceptors (Lipinski definition) is 3. The van der Waals surface area contributed by atoms with Gasteiger partial charge in [0.2, 0.25) is 5.91 Å². The Kier molecular flexibility index (Phi) is 7.34. The van der Waals surface area contributed by atoms with Crippen molar-refractivity contribution >= 4 is 5.91 Å². The summed E-state index contributed by atoms with van der Waals surface area (Å²) in [5.41, 5.74) is -0.369. The van der Waals surface area contributed by atoms with Gasteiger partial charge >= 0.3 is 0 Å². The summed E-state index contributed by atoms with van der Waals surface area (Å²) in [6.07, 6.45) is 1.37. The van der Waals surface area contributed by atoms with Crippen molar-refractivity contribution in [2.45, 2.75) is 39.2 Å². The van der Waals surface area contributed by atoms with Crippen molar-refractivity contribution in [3.63, 3.8) is 0 Å². The molecule has 1 amide bonds. The molecule has 2 N–H and O–H groups in total. The van der Waals surface area contributed by atoms with Crippen LogP contribution in [0.1, 0.15) is 33.6 Å². The average molecular weight is 216 g/mol. The van der Waals surface area contributed by atoms with Crippen LogP contribution in [0.5, 0.6) is 0 Å². The number of carbonyl (C=O) groups is 1. The number of carbonyl (C=O) groups excluding carboxylic acids is 1. The maximum Gasteiger partial charge on any atom is 0.222 e. The number of hydrogen-bond donors (Lipinski definition) is 2. The minimum absolute atomic E-state index is 0.0540. The van der Waals surface area contributed by atoms with E-state index in [-0.39, 0.29) is 11.5 Å². The molecule has 0 bridgehead atoms. The Labute approximate surface area is 92.8 Å². The van der Waals surface area contributed by atoms with Crippen LogP contribution in [-0.2, 0) is 9.53 Å². The van der Waals surface area contributed by atoms with E-state index in [1.54, 1.807) is 7.11 Å². The van der Waals surface area contributed by atoms with Crippen molar-refractivity contribution in [1.29, 1.82) is 0 Å². The van der Waals surface area contributed by atoms with Gasteiger partial charge < -0.3 is 15.4 Å². The van der Waals surface area contributed by atoms with Gasteiger partial charge in [-0.05, 0) is 33.4 Å². The molecule has 0 atom stereocenters. The summed E-state index contributed by atoms with van der Waals surface area (Å²) in [6, 6.07) is 0. The minimum atomic E-state index is -0.369. The number of ether oxygens (including phenoxy) is 1.